The summed E-state index contributed by atoms with van der Waals surface area (Å²) in [7, 11) is 0. The minimum atomic E-state index is -0.472. The predicted octanol–water partition coefficient (Wildman–Crippen LogP) is 3.99. The van der Waals surface area contributed by atoms with Gasteiger partial charge in [0.05, 0.1) is 10.1 Å². The molecule has 1 saturated heterocycles. The van der Waals surface area contributed by atoms with E-state index in [1.165, 1.54) is 0 Å². The van der Waals surface area contributed by atoms with Crippen molar-refractivity contribution < 1.29 is 9.32 Å². The van der Waals surface area contributed by atoms with Crippen molar-refractivity contribution in [1.82, 2.24) is 25.4 Å². The van der Waals surface area contributed by atoms with Crippen LogP contribution < -0.4 is 10.2 Å². The van der Waals surface area contributed by atoms with Crippen molar-refractivity contribution in [2.24, 2.45) is 0 Å². The molecule has 3 aromatic heterocycles. The second-order valence-electron chi connectivity index (χ2n) is 8.87. The largest absolute Gasteiger partial charge is 0.350 e. The molecule has 1 atom stereocenters. The standard InChI is InChI=1S/C24H26N6O2S/c1-15-27-22(32-29-15)24(2,3)17-12-19-20(25-14-17)28-23(33-19)30-11-7-10-18(30)21(31)26-13-16-8-5-4-6-9-16/h4-6,8-9,12,14,18H,7,10-11,13H2,1-3H3,(H,26,31)/t18-/m1/s1. The molecule has 4 heterocycles. The number of anilines is 1. The summed E-state index contributed by atoms with van der Waals surface area (Å²) in [6, 6.07) is 11.8. The van der Waals surface area contributed by atoms with E-state index in [4.69, 9.17) is 9.51 Å². The third-order valence-corrected chi connectivity index (χ3v) is 7.16. The number of aromatic nitrogens is 4. The normalized spacial score (nSPS) is 16.5. The summed E-state index contributed by atoms with van der Waals surface area (Å²) >= 11 is 1.57. The van der Waals surface area contributed by atoms with Crippen LogP contribution in [0.3, 0.4) is 0 Å². The molecule has 1 amide bonds. The summed E-state index contributed by atoms with van der Waals surface area (Å²) in [6.07, 6.45) is 3.60. The van der Waals surface area contributed by atoms with E-state index in [2.05, 4.69) is 31.4 Å². The van der Waals surface area contributed by atoms with Crippen LogP contribution in [0.4, 0.5) is 5.13 Å². The van der Waals surface area contributed by atoms with Crippen LogP contribution in [0.2, 0.25) is 0 Å². The van der Waals surface area contributed by atoms with Gasteiger partial charge in [0.2, 0.25) is 11.8 Å². The number of thiazole rings is 1. The maximum absolute atomic E-state index is 12.9. The van der Waals surface area contributed by atoms with Crippen LogP contribution in [0, 0.1) is 6.92 Å². The summed E-state index contributed by atoms with van der Waals surface area (Å²) in [6.45, 7) is 7.22. The summed E-state index contributed by atoms with van der Waals surface area (Å²) < 4.78 is 6.40. The first-order valence-electron chi connectivity index (χ1n) is 11.1. The highest BCUT2D eigenvalue weighted by Gasteiger charge is 2.34. The van der Waals surface area contributed by atoms with Crippen molar-refractivity contribution in [1.29, 1.82) is 0 Å². The first-order valence-corrected chi connectivity index (χ1v) is 11.9. The molecule has 0 aliphatic carbocycles. The molecule has 9 heteroatoms. The van der Waals surface area contributed by atoms with Gasteiger partial charge in [0, 0.05) is 19.3 Å². The first-order chi connectivity index (χ1) is 15.9. The molecular formula is C24H26N6O2S. The van der Waals surface area contributed by atoms with Crippen molar-refractivity contribution in [3.8, 4) is 0 Å². The third-order valence-electron chi connectivity index (χ3n) is 6.13. The Balaban J connectivity index is 1.36. The fourth-order valence-corrected chi connectivity index (χ4v) is 5.16. The van der Waals surface area contributed by atoms with Gasteiger partial charge in [0.15, 0.2) is 16.6 Å². The average Bonchev–Trinajstić information content (AvgIpc) is 3.56. The van der Waals surface area contributed by atoms with E-state index in [-0.39, 0.29) is 11.9 Å². The monoisotopic (exact) mass is 462 g/mol. The Morgan fingerprint density at radius 2 is 2.09 bits per heavy atom. The van der Waals surface area contributed by atoms with Gasteiger partial charge < -0.3 is 14.7 Å². The van der Waals surface area contributed by atoms with E-state index in [1.807, 2.05) is 57.3 Å². The van der Waals surface area contributed by atoms with Gasteiger partial charge in [-0.25, -0.2) is 4.98 Å². The van der Waals surface area contributed by atoms with Crippen LogP contribution in [-0.4, -0.2) is 38.6 Å². The van der Waals surface area contributed by atoms with Gasteiger partial charge in [0.1, 0.15) is 6.04 Å². The molecule has 0 bridgehead atoms. The number of rotatable bonds is 6. The average molecular weight is 463 g/mol. The number of benzene rings is 1. The highest BCUT2D eigenvalue weighted by Crippen LogP contribution is 2.36. The lowest BCUT2D eigenvalue weighted by atomic mass is 9.85. The second-order valence-corrected chi connectivity index (χ2v) is 9.88. The number of hydrogen-bond donors (Lipinski definition) is 1. The number of carbonyl (C=O) groups excluding carboxylic acids is 1. The molecule has 0 saturated carbocycles. The molecule has 33 heavy (non-hydrogen) atoms. The molecule has 0 radical (unpaired) electrons. The topological polar surface area (TPSA) is 97.0 Å². The van der Waals surface area contributed by atoms with Gasteiger partial charge in [-0.2, -0.15) is 9.97 Å². The smallest absolute Gasteiger partial charge is 0.243 e. The lowest BCUT2D eigenvalue weighted by Gasteiger charge is -2.23. The SMILES string of the molecule is Cc1noc(C(C)(C)c2cnc3nc(N4CCC[C@@H]4C(=O)NCc4ccccc4)sc3c2)n1. The summed E-state index contributed by atoms with van der Waals surface area (Å²) in [4.78, 5) is 28.8. The minimum Gasteiger partial charge on any atom is -0.350 e. The zero-order valence-corrected chi connectivity index (χ0v) is 19.7. The Kier molecular flexibility index (Phi) is 5.57. The van der Waals surface area contributed by atoms with Gasteiger partial charge in [0.25, 0.3) is 0 Å². The van der Waals surface area contributed by atoms with Crippen molar-refractivity contribution in [2.45, 2.75) is 51.6 Å². The van der Waals surface area contributed by atoms with Crippen LogP contribution in [0.15, 0.2) is 47.1 Å². The van der Waals surface area contributed by atoms with Gasteiger partial charge in [-0.05, 0) is 50.8 Å². The molecule has 170 valence electrons. The molecule has 5 rings (SSSR count). The maximum Gasteiger partial charge on any atom is 0.243 e. The van der Waals surface area contributed by atoms with Gasteiger partial charge in [-0.3, -0.25) is 4.79 Å². The van der Waals surface area contributed by atoms with E-state index < -0.39 is 5.41 Å². The summed E-state index contributed by atoms with van der Waals surface area (Å²) in [5, 5.41) is 7.84. The first kappa shape index (κ1) is 21.5. The number of nitrogens with one attached hydrogen (secondary N) is 1. The molecule has 1 fully saturated rings. The van der Waals surface area contributed by atoms with Crippen LogP contribution in [0.5, 0.6) is 0 Å². The molecule has 0 unspecified atom stereocenters. The minimum absolute atomic E-state index is 0.0390. The zero-order valence-electron chi connectivity index (χ0n) is 18.9. The second kappa shape index (κ2) is 8.55. The molecule has 8 nitrogen and oxygen atoms in total. The Labute approximate surface area is 196 Å². The van der Waals surface area contributed by atoms with E-state index >= 15 is 0 Å². The van der Waals surface area contributed by atoms with E-state index in [0.717, 1.165) is 40.3 Å². The molecule has 1 N–H and O–H groups in total. The van der Waals surface area contributed by atoms with E-state index in [1.54, 1.807) is 11.3 Å². The van der Waals surface area contributed by atoms with Gasteiger partial charge in [-0.1, -0.05) is 46.8 Å². The number of nitrogens with zero attached hydrogens (tertiary/aromatic N) is 5. The van der Waals surface area contributed by atoms with Crippen molar-refractivity contribution in [3.63, 3.8) is 0 Å². The van der Waals surface area contributed by atoms with E-state index in [0.29, 0.717) is 23.9 Å². The molecule has 1 aliphatic rings. The summed E-state index contributed by atoms with van der Waals surface area (Å²) in [5.74, 6) is 1.20. The number of amides is 1. The van der Waals surface area contributed by atoms with Gasteiger partial charge in [-0.15, -0.1) is 0 Å². The van der Waals surface area contributed by atoms with Gasteiger partial charge >= 0.3 is 0 Å². The molecule has 0 spiro atoms. The third kappa shape index (κ3) is 4.20. The fourth-order valence-electron chi connectivity index (χ4n) is 4.12. The zero-order chi connectivity index (χ0) is 23.0. The predicted molar refractivity (Wildman–Crippen MR) is 127 cm³/mol. The number of pyridine rings is 1. The van der Waals surface area contributed by atoms with Crippen LogP contribution >= 0.6 is 11.3 Å². The van der Waals surface area contributed by atoms with Crippen molar-refractivity contribution >= 4 is 32.7 Å². The molecule has 4 aromatic rings. The Morgan fingerprint density at radius 1 is 1.27 bits per heavy atom. The van der Waals surface area contributed by atoms with Crippen LogP contribution in [0.25, 0.3) is 10.3 Å². The van der Waals surface area contributed by atoms with Crippen molar-refractivity contribution in [3.05, 3.63) is 65.4 Å². The Hall–Kier alpha value is -3.33. The fraction of sp³-hybridized carbons (Fsp3) is 0.375. The number of carbonyl (C=O) groups is 1. The Bertz CT molecular complexity index is 1280. The quantitative estimate of drug-likeness (QED) is 0.463. The van der Waals surface area contributed by atoms with Crippen molar-refractivity contribution in [2.75, 3.05) is 11.4 Å². The highest BCUT2D eigenvalue weighted by atomic mass is 32.1. The number of hydrogen-bond acceptors (Lipinski definition) is 8. The molecule has 1 aliphatic heterocycles. The summed E-state index contributed by atoms with van der Waals surface area (Å²) in [5.41, 5.74) is 2.28. The number of aryl methyl sites for hydroxylation is 1. The maximum atomic E-state index is 12.9. The van der Waals surface area contributed by atoms with Crippen LogP contribution in [0.1, 0.15) is 49.5 Å². The lowest BCUT2D eigenvalue weighted by molar-refractivity contribution is -0.122. The van der Waals surface area contributed by atoms with Crippen LogP contribution in [-0.2, 0) is 16.8 Å². The van der Waals surface area contributed by atoms with E-state index in [9.17, 15) is 4.79 Å². The molecular weight excluding hydrogens is 436 g/mol. The molecule has 1 aromatic carbocycles. The Morgan fingerprint density at radius 3 is 2.85 bits per heavy atom. The highest BCUT2D eigenvalue weighted by molar-refractivity contribution is 7.22. The number of fused-ring (bicyclic) bond motifs is 1. The lowest BCUT2D eigenvalue weighted by Crippen LogP contribution is -2.43.